The average Bonchev–Trinajstić information content (AvgIpc) is 2.88. The minimum atomic E-state index is -0.578. The van der Waals surface area contributed by atoms with Gasteiger partial charge in [0, 0.05) is 25.9 Å². The molecule has 1 saturated carbocycles. The highest BCUT2D eigenvalue weighted by molar-refractivity contribution is 6.02. The number of hydrogen-bond donors (Lipinski definition) is 1. The van der Waals surface area contributed by atoms with E-state index in [-0.39, 0.29) is 50.1 Å². The van der Waals surface area contributed by atoms with E-state index < -0.39 is 5.97 Å². The van der Waals surface area contributed by atoms with E-state index in [0.717, 1.165) is 17.7 Å². The van der Waals surface area contributed by atoms with Gasteiger partial charge in [-0.15, -0.1) is 0 Å². The number of ether oxygens (including phenoxy) is 1. The molecule has 1 aliphatic carbocycles. The minimum absolute atomic E-state index is 0.0280. The van der Waals surface area contributed by atoms with Crippen molar-refractivity contribution in [3.63, 3.8) is 0 Å². The summed E-state index contributed by atoms with van der Waals surface area (Å²) in [6, 6.07) is 0. The molecule has 3 amide bonds. The van der Waals surface area contributed by atoms with Crippen molar-refractivity contribution in [1.29, 1.82) is 0 Å². The zero-order valence-corrected chi connectivity index (χ0v) is 13.3. The summed E-state index contributed by atoms with van der Waals surface area (Å²) in [5, 5.41) is 2.78. The molecule has 128 valence electrons. The number of carbonyl (C=O) groups is 4. The van der Waals surface area contributed by atoms with Gasteiger partial charge in [-0.05, 0) is 18.8 Å². The molecule has 23 heavy (non-hydrogen) atoms. The summed E-state index contributed by atoms with van der Waals surface area (Å²) in [5.41, 5.74) is 0. The lowest BCUT2D eigenvalue weighted by molar-refractivity contribution is -0.149. The van der Waals surface area contributed by atoms with Crippen LogP contribution in [0.1, 0.15) is 51.4 Å². The van der Waals surface area contributed by atoms with Gasteiger partial charge in [-0.2, -0.15) is 0 Å². The van der Waals surface area contributed by atoms with Crippen molar-refractivity contribution in [3.8, 4) is 0 Å². The normalized spacial score (nSPS) is 19.0. The van der Waals surface area contributed by atoms with Crippen molar-refractivity contribution in [2.24, 2.45) is 5.92 Å². The third kappa shape index (κ3) is 5.65. The fourth-order valence-corrected chi connectivity index (χ4v) is 2.99. The second kappa shape index (κ2) is 8.64. The Morgan fingerprint density at radius 1 is 1.09 bits per heavy atom. The highest BCUT2D eigenvalue weighted by atomic mass is 16.5. The van der Waals surface area contributed by atoms with E-state index in [9.17, 15) is 19.2 Å². The van der Waals surface area contributed by atoms with Crippen LogP contribution in [0, 0.1) is 5.92 Å². The molecular weight excluding hydrogens is 300 g/mol. The van der Waals surface area contributed by atoms with E-state index in [1.165, 1.54) is 19.3 Å². The molecule has 0 aromatic heterocycles. The molecule has 2 rings (SSSR count). The zero-order chi connectivity index (χ0) is 16.7. The van der Waals surface area contributed by atoms with Crippen LogP contribution in [0.25, 0.3) is 0 Å². The van der Waals surface area contributed by atoms with Gasteiger partial charge in [0.2, 0.25) is 11.8 Å². The molecule has 1 aliphatic heterocycles. The van der Waals surface area contributed by atoms with Crippen molar-refractivity contribution >= 4 is 23.7 Å². The Morgan fingerprint density at radius 3 is 2.39 bits per heavy atom. The Labute approximate surface area is 135 Å². The molecule has 1 saturated heterocycles. The zero-order valence-electron chi connectivity index (χ0n) is 13.3. The number of amides is 3. The van der Waals surface area contributed by atoms with Crippen LogP contribution in [0.4, 0.5) is 0 Å². The van der Waals surface area contributed by atoms with Gasteiger partial charge in [-0.1, -0.05) is 19.3 Å². The van der Waals surface area contributed by atoms with Gasteiger partial charge >= 0.3 is 5.97 Å². The number of hydrogen-bond acceptors (Lipinski definition) is 5. The summed E-state index contributed by atoms with van der Waals surface area (Å²) in [7, 11) is 0. The molecule has 0 atom stereocenters. The van der Waals surface area contributed by atoms with Crippen molar-refractivity contribution < 1.29 is 23.9 Å². The molecule has 2 aliphatic rings. The monoisotopic (exact) mass is 324 g/mol. The van der Waals surface area contributed by atoms with Crippen molar-refractivity contribution in [1.82, 2.24) is 10.2 Å². The smallest absolute Gasteiger partial charge is 0.308 e. The van der Waals surface area contributed by atoms with Crippen LogP contribution in [0.3, 0.4) is 0 Å². The summed E-state index contributed by atoms with van der Waals surface area (Å²) in [6.07, 6.45) is 6.30. The molecule has 7 heteroatoms. The van der Waals surface area contributed by atoms with Crippen LogP contribution in [0.5, 0.6) is 0 Å². The lowest BCUT2D eigenvalue weighted by Gasteiger charge is -2.21. The number of likely N-dealkylation sites (tertiary alicyclic amines) is 1. The third-order valence-electron chi connectivity index (χ3n) is 4.37. The van der Waals surface area contributed by atoms with Crippen LogP contribution in [-0.2, 0) is 23.9 Å². The fraction of sp³-hybridized carbons (Fsp3) is 0.750. The maximum atomic E-state index is 11.6. The summed E-state index contributed by atoms with van der Waals surface area (Å²) in [6.45, 7) is 0.348. The van der Waals surface area contributed by atoms with Crippen LogP contribution in [-0.4, -0.2) is 48.3 Å². The van der Waals surface area contributed by atoms with E-state index >= 15 is 0 Å². The molecule has 0 unspecified atom stereocenters. The van der Waals surface area contributed by atoms with Gasteiger partial charge in [-0.25, -0.2) is 0 Å². The highest BCUT2D eigenvalue weighted by Gasteiger charge is 2.29. The number of nitrogens with one attached hydrogen (secondary N) is 1. The predicted octanol–water partition coefficient (Wildman–Crippen LogP) is 0.765. The van der Waals surface area contributed by atoms with Crippen molar-refractivity contribution in [3.05, 3.63) is 0 Å². The Bertz CT molecular complexity index is 455. The molecule has 7 nitrogen and oxygen atoms in total. The summed E-state index contributed by atoms with van der Waals surface area (Å²) < 4.78 is 4.87. The molecule has 0 spiro atoms. The topological polar surface area (TPSA) is 92.8 Å². The van der Waals surface area contributed by atoms with E-state index in [2.05, 4.69) is 5.32 Å². The van der Waals surface area contributed by atoms with Gasteiger partial charge in [0.05, 0.1) is 6.42 Å². The Balaban J connectivity index is 1.57. The van der Waals surface area contributed by atoms with Gasteiger partial charge in [0.25, 0.3) is 5.91 Å². The number of esters is 1. The van der Waals surface area contributed by atoms with Gasteiger partial charge in [0.15, 0.2) is 6.61 Å². The fourth-order valence-electron chi connectivity index (χ4n) is 2.99. The largest absolute Gasteiger partial charge is 0.456 e. The summed E-state index contributed by atoms with van der Waals surface area (Å²) in [4.78, 5) is 47.1. The number of rotatable bonds is 7. The maximum absolute atomic E-state index is 11.6. The molecule has 0 radical (unpaired) electrons. The summed E-state index contributed by atoms with van der Waals surface area (Å²) in [5.74, 6) is -0.876. The number of carbonyl (C=O) groups excluding carboxylic acids is 4. The third-order valence-corrected chi connectivity index (χ3v) is 4.37. The molecule has 2 fully saturated rings. The van der Waals surface area contributed by atoms with E-state index in [1.54, 1.807) is 0 Å². The van der Waals surface area contributed by atoms with Crippen molar-refractivity contribution in [2.45, 2.75) is 51.4 Å². The predicted molar refractivity (Wildman–Crippen MR) is 81.1 cm³/mol. The van der Waals surface area contributed by atoms with Crippen LogP contribution < -0.4 is 5.32 Å². The second-order valence-electron chi connectivity index (χ2n) is 6.16. The molecule has 1 heterocycles. The van der Waals surface area contributed by atoms with E-state index in [4.69, 9.17) is 4.74 Å². The average molecular weight is 324 g/mol. The highest BCUT2D eigenvalue weighted by Crippen LogP contribution is 2.22. The first-order chi connectivity index (χ1) is 11.1. The minimum Gasteiger partial charge on any atom is -0.456 e. The SMILES string of the molecule is O=C(COC(=O)CCN1C(=O)CCC1=O)NCC1CCCCC1. The maximum Gasteiger partial charge on any atom is 0.308 e. The lowest BCUT2D eigenvalue weighted by atomic mass is 9.89. The molecule has 0 bridgehead atoms. The molecule has 1 N–H and O–H groups in total. The Kier molecular flexibility index (Phi) is 6.55. The lowest BCUT2D eigenvalue weighted by Crippen LogP contribution is -2.34. The van der Waals surface area contributed by atoms with Crippen molar-refractivity contribution in [2.75, 3.05) is 19.7 Å². The molecular formula is C16H24N2O5. The van der Waals surface area contributed by atoms with E-state index in [1.807, 2.05) is 0 Å². The second-order valence-corrected chi connectivity index (χ2v) is 6.16. The number of nitrogens with zero attached hydrogens (tertiary/aromatic N) is 1. The Hall–Kier alpha value is -1.92. The number of imide groups is 1. The first-order valence-corrected chi connectivity index (χ1v) is 8.32. The van der Waals surface area contributed by atoms with E-state index in [0.29, 0.717) is 12.5 Å². The molecule has 0 aromatic rings. The van der Waals surface area contributed by atoms with Gasteiger partial charge in [-0.3, -0.25) is 24.1 Å². The summed E-state index contributed by atoms with van der Waals surface area (Å²) >= 11 is 0. The first-order valence-electron chi connectivity index (χ1n) is 8.32. The van der Waals surface area contributed by atoms with Gasteiger partial charge < -0.3 is 10.1 Å². The molecule has 0 aromatic carbocycles. The van der Waals surface area contributed by atoms with Crippen LogP contribution in [0.2, 0.25) is 0 Å². The Morgan fingerprint density at radius 2 is 1.74 bits per heavy atom. The standard InChI is InChI=1S/C16H24N2O5/c19-13(17-10-12-4-2-1-3-5-12)11-23-16(22)8-9-18-14(20)6-7-15(18)21/h12H,1-11H2,(H,17,19). The van der Waals surface area contributed by atoms with Crippen LogP contribution >= 0.6 is 0 Å². The first kappa shape index (κ1) is 17.4. The quantitative estimate of drug-likeness (QED) is 0.551. The van der Waals surface area contributed by atoms with Gasteiger partial charge in [0.1, 0.15) is 0 Å². The van der Waals surface area contributed by atoms with Crippen LogP contribution in [0.15, 0.2) is 0 Å².